The Balaban J connectivity index is 1.58. The van der Waals surface area contributed by atoms with Gasteiger partial charge in [0.25, 0.3) is 0 Å². The fourth-order valence-corrected chi connectivity index (χ4v) is 2.45. The highest BCUT2D eigenvalue weighted by Crippen LogP contribution is 2.28. The molecule has 2 aromatic carbocycles. The zero-order valence-electron chi connectivity index (χ0n) is 13.3. The number of carbonyl (C=O) groups excluding carboxylic acids is 1. The van der Waals surface area contributed by atoms with Gasteiger partial charge in [-0.2, -0.15) is 0 Å². The summed E-state index contributed by atoms with van der Waals surface area (Å²) in [7, 11) is 0. The first-order chi connectivity index (χ1) is 11.1. The first-order valence-electron chi connectivity index (χ1n) is 7.70. The van der Waals surface area contributed by atoms with Crippen LogP contribution in [0.2, 0.25) is 0 Å². The molecule has 2 amide bonds. The molecule has 1 aliphatic rings. The van der Waals surface area contributed by atoms with E-state index in [1.807, 2.05) is 56.3 Å². The molecule has 3 rings (SSSR count). The standard InChI is InChI=1S/C18H20N2O3/c1-12(2)23-16-6-3-14(4-7-16)19-18(21)20-15-5-8-17-13(11-15)9-10-22-17/h3-8,11-12H,9-10H2,1-2H3,(H2,19,20,21). The Labute approximate surface area is 135 Å². The fourth-order valence-electron chi connectivity index (χ4n) is 2.45. The minimum atomic E-state index is -0.276. The van der Waals surface area contributed by atoms with Crippen LogP contribution >= 0.6 is 0 Å². The molecule has 0 spiro atoms. The lowest BCUT2D eigenvalue weighted by atomic mass is 10.1. The Morgan fingerprint density at radius 3 is 2.52 bits per heavy atom. The van der Waals surface area contributed by atoms with Gasteiger partial charge in [-0.1, -0.05) is 0 Å². The van der Waals surface area contributed by atoms with E-state index in [0.29, 0.717) is 12.3 Å². The van der Waals surface area contributed by atoms with E-state index in [9.17, 15) is 4.79 Å². The molecule has 0 aliphatic carbocycles. The number of urea groups is 1. The molecule has 0 saturated heterocycles. The number of hydrogen-bond donors (Lipinski definition) is 2. The van der Waals surface area contributed by atoms with Gasteiger partial charge in [0.15, 0.2) is 0 Å². The van der Waals surface area contributed by atoms with Crippen LogP contribution in [0.5, 0.6) is 11.5 Å². The van der Waals surface area contributed by atoms with Crippen LogP contribution in [0, 0.1) is 0 Å². The number of benzene rings is 2. The van der Waals surface area contributed by atoms with Crippen molar-refractivity contribution in [2.45, 2.75) is 26.4 Å². The van der Waals surface area contributed by atoms with Gasteiger partial charge in [-0.15, -0.1) is 0 Å². The number of hydrogen-bond acceptors (Lipinski definition) is 3. The van der Waals surface area contributed by atoms with E-state index >= 15 is 0 Å². The predicted molar refractivity (Wildman–Crippen MR) is 90.5 cm³/mol. The quantitative estimate of drug-likeness (QED) is 0.895. The minimum Gasteiger partial charge on any atom is -0.493 e. The Hall–Kier alpha value is -2.69. The summed E-state index contributed by atoms with van der Waals surface area (Å²) < 4.78 is 11.0. The van der Waals surface area contributed by atoms with Gasteiger partial charge in [0.1, 0.15) is 11.5 Å². The highest BCUT2D eigenvalue weighted by Gasteiger charge is 2.13. The fraction of sp³-hybridized carbons (Fsp3) is 0.278. The van der Waals surface area contributed by atoms with Crippen molar-refractivity contribution in [3.05, 3.63) is 48.0 Å². The summed E-state index contributed by atoms with van der Waals surface area (Å²) in [6.07, 6.45) is 1.00. The van der Waals surface area contributed by atoms with Gasteiger partial charge in [-0.05, 0) is 61.9 Å². The molecule has 120 valence electrons. The summed E-state index contributed by atoms with van der Waals surface area (Å²) in [5, 5.41) is 5.63. The Kier molecular flexibility index (Phi) is 4.37. The number of carbonyl (C=O) groups is 1. The maximum absolute atomic E-state index is 12.1. The molecule has 0 bridgehead atoms. The Morgan fingerprint density at radius 1 is 1.09 bits per heavy atom. The van der Waals surface area contributed by atoms with Crippen molar-refractivity contribution < 1.29 is 14.3 Å². The summed E-state index contributed by atoms with van der Waals surface area (Å²) in [4.78, 5) is 12.1. The Bertz CT molecular complexity index is 696. The maximum Gasteiger partial charge on any atom is 0.323 e. The van der Waals surface area contributed by atoms with Gasteiger partial charge in [-0.3, -0.25) is 0 Å². The molecular weight excluding hydrogens is 292 g/mol. The van der Waals surface area contributed by atoms with Crippen LogP contribution in [-0.4, -0.2) is 18.7 Å². The van der Waals surface area contributed by atoms with Gasteiger partial charge in [-0.25, -0.2) is 4.79 Å². The average Bonchev–Trinajstić information content (AvgIpc) is 2.96. The second-order valence-corrected chi connectivity index (χ2v) is 5.69. The lowest BCUT2D eigenvalue weighted by Gasteiger charge is -2.11. The molecule has 1 aliphatic heterocycles. The summed E-state index contributed by atoms with van der Waals surface area (Å²) in [5.74, 6) is 1.68. The third-order valence-corrected chi connectivity index (χ3v) is 3.43. The molecule has 0 saturated carbocycles. The third-order valence-electron chi connectivity index (χ3n) is 3.43. The van der Waals surface area contributed by atoms with Crippen LogP contribution in [0.25, 0.3) is 0 Å². The van der Waals surface area contributed by atoms with Crippen molar-refractivity contribution >= 4 is 17.4 Å². The SMILES string of the molecule is CC(C)Oc1ccc(NC(=O)Nc2ccc3c(c2)CCO3)cc1. The normalized spacial score (nSPS) is 12.5. The van der Waals surface area contributed by atoms with Crippen molar-refractivity contribution in [1.82, 2.24) is 0 Å². The van der Waals surface area contributed by atoms with Gasteiger partial charge < -0.3 is 20.1 Å². The number of nitrogens with one attached hydrogen (secondary N) is 2. The molecule has 23 heavy (non-hydrogen) atoms. The first kappa shape index (κ1) is 15.2. The molecule has 0 atom stereocenters. The molecule has 2 aromatic rings. The van der Waals surface area contributed by atoms with Gasteiger partial charge in [0.05, 0.1) is 12.7 Å². The number of anilines is 2. The van der Waals surface area contributed by atoms with Gasteiger partial charge >= 0.3 is 6.03 Å². The summed E-state index contributed by atoms with van der Waals surface area (Å²) >= 11 is 0. The van der Waals surface area contributed by atoms with Crippen LogP contribution in [0.1, 0.15) is 19.4 Å². The lowest BCUT2D eigenvalue weighted by molar-refractivity contribution is 0.242. The average molecular weight is 312 g/mol. The molecular formula is C18H20N2O3. The zero-order valence-corrected chi connectivity index (χ0v) is 13.3. The first-order valence-corrected chi connectivity index (χ1v) is 7.70. The third kappa shape index (κ3) is 3.94. The van der Waals surface area contributed by atoms with Crippen LogP contribution in [-0.2, 0) is 6.42 Å². The number of rotatable bonds is 4. The van der Waals surface area contributed by atoms with E-state index in [2.05, 4.69) is 10.6 Å². The predicted octanol–water partition coefficient (Wildman–Crippen LogP) is 4.05. The zero-order chi connectivity index (χ0) is 16.2. The minimum absolute atomic E-state index is 0.126. The van der Waals surface area contributed by atoms with Crippen molar-refractivity contribution in [2.24, 2.45) is 0 Å². The van der Waals surface area contributed by atoms with Crippen LogP contribution in [0.15, 0.2) is 42.5 Å². The second kappa shape index (κ2) is 6.60. The second-order valence-electron chi connectivity index (χ2n) is 5.69. The molecule has 1 heterocycles. The molecule has 0 unspecified atom stereocenters. The molecule has 0 fully saturated rings. The van der Waals surface area contributed by atoms with E-state index in [1.54, 1.807) is 0 Å². The van der Waals surface area contributed by atoms with E-state index in [4.69, 9.17) is 9.47 Å². The van der Waals surface area contributed by atoms with Crippen molar-refractivity contribution in [3.63, 3.8) is 0 Å². The smallest absolute Gasteiger partial charge is 0.323 e. The van der Waals surface area contributed by atoms with Gasteiger partial charge in [0, 0.05) is 17.8 Å². The van der Waals surface area contributed by atoms with Crippen molar-refractivity contribution in [2.75, 3.05) is 17.2 Å². The van der Waals surface area contributed by atoms with E-state index < -0.39 is 0 Å². The van der Waals surface area contributed by atoms with Crippen molar-refractivity contribution in [3.8, 4) is 11.5 Å². The van der Waals surface area contributed by atoms with E-state index in [0.717, 1.165) is 29.2 Å². The Morgan fingerprint density at radius 2 is 1.78 bits per heavy atom. The highest BCUT2D eigenvalue weighted by molar-refractivity contribution is 5.99. The van der Waals surface area contributed by atoms with Gasteiger partial charge in [0.2, 0.25) is 0 Å². The summed E-state index contributed by atoms with van der Waals surface area (Å²) in [5.41, 5.74) is 2.59. The van der Waals surface area contributed by atoms with Crippen molar-refractivity contribution in [1.29, 1.82) is 0 Å². The topological polar surface area (TPSA) is 59.6 Å². The van der Waals surface area contributed by atoms with Crippen LogP contribution in [0.3, 0.4) is 0 Å². The summed E-state index contributed by atoms with van der Waals surface area (Å²) in [6.45, 7) is 4.65. The largest absolute Gasteiger partial charge is 0.493 e. The van der Waals surface area contributed by atoms with E-state index in [-0.39, 0.29) is 12.1 Å². The molecule has 0 radical (unpaired) electrons. The monoisotopic (exact) mass is 312 g/mol. The van der Waals surface area contributed by atoms with E-state index in [1.165, 1.54) is 0 Å². The maximum atomic E-state index is 12.1. The van der Waals surface area contributed by atoms with Crippen LogP contribution in [0.4, 0.5) is 16.2 Å². The highest BCUT2D eigenvalue weighted by atomic mass is 16.5. The number of amides is 2. The molecule has 5 nitrogen and oxygen atoms in total. The molecule has 2 N–H and O–H groups in total. The number of fused-ring (bicyclic) bond motifs is 1. The van der Waals surface area contributed by atoms with Crippen LogP contribution < -0.4 is 20.1 Å². The molecule has 5 heteroatoms. The molecule has 0 aromatic heterocycles. The number of ether oxygens (including phenoxy) is 2. The lowest BCUT2D eigenvalue weighted by Crippen LogP contribution is -2.19. The summed E-state index contributed by atoms with van der Waals surface area (Å²) in [6, 6.07) is 12.7.